The van der Waals surface area contributed by atoms with Crippen molar-refractivity contribution in [1.29, 1.82) is 0 Å². The van der Waals surface area contributed by atoms with E-state index in [1.807, 2.05) is 6.92 Å². The molecule has 0 bridgehead atoms. The molecule has 1 aromatic carbocycles. The molecule has 2 N–H and O–H groups in total. The Bertz CT molecular complexity index is 732. The predicted molar refractivity (Wildman–Crippen MR) is 96.0 cm³/mol. The number of carbonyl (C=O) groups excluding carboxylic acids is 3. The quantitative estimate of drug-likeness (QED) is 0.689. The molecule has 1 atom stereocenters. The molecule has 0 spiro atoms. The molecular formula is C18H23N3O5. The molecule has 1 heterocycles. The van der Waals surface area contributed by atoms with Crippen LogP contribution in [0.5, 0.6) is 11.5 Å². The van der Waals surface area contributed by atoms with E-state index in [1.54, 1.807) is 18.2 Å². The van der Waals surface area contributed by atoms with Crippen molar-refractivity contribution >= 4 is 23.5 Å². The van der Waals surface area contributed by atoms with Crippen LogP contribution in [0.15, 0.2) is 30.5 Å². The molecule has 26 heavy (non-hydrogen) atoms. The summed E-state index contributed by atoms with van der Waals surface area (Å²) in [7, 11) is 3.03. The van der Waals surface area contributed by atoms with Gasteiger partial charge in [0.05, 0.1) is 19.9 Å². The molecule has 1 aliphatic heterocycles. The number of hydrogen-bond acceptors (Lipinski definition) is 6. The highest BCUT2D eigenvalue weighted by atomic mass is 16.5. The molecule has 0 saturated carbocycles. The summed E-state index contributed by atoms with van der Waals surface area (Å²) in [6, 6.07) is 4.36. The SMILES string of the molecule is C=C(Nc1ccc(OC)cc1OC)[C@@H]1C(=O)NC(=O)N(CCCC)C1=O. The molecular weight excluding hydrogens is 338 g/mol. The molecule has 140 valence electrons. The minimum atomic E-state index is -1.20. The largest absolute Gasteiger partial charge is 0.497 e. The van der Waals surface area contributed by atoms with Gasteiger partial charge in [0.1, 0.15) is 11.5 Å². The Kier molecular flexibility index (Phi) is 6.21. The minimum absolute atomic E-state index is 0.157. The molecule has 0 aliphatic carbocycles. The first-order valence-electron chi connectivity index (χ1n) is 8.27. The third-order valence-corrected chi connectivity index (χ3v) is 4.04. The number of nitrogens with zero attached hydrogens (tertiary/aromatic N) is 1. The summed E-state index contributed by atoms with van der Waals surface area (Å²) in [5.74, 6) is -1.42. The van der Waals surface area contributed by atoms with E-state index in [0.29, 0.717) is 23.6 Å². The number of imide groups is 2. The van der Waals surface area contributed by atoms with Crippen molar-refractivity contribution in [2.24, 2.45) is 5.92 Å². The first kappa shape index (κ1) is 19.3. The van der Waals surface area contributed by atoms with Gasteiger partial charge in [0.15, 0.2) is 5.92 Å². The van der Waals surface area contributed by atoms with E-state index in [-0.39, 0.29) is 12.2 Å². The molecule has 8 nitrogen and oxygen atoms in total. The lowest BCUT2D eigenvalue weighted by atomic mass is 10.0. The van der Waals surface area contributed by atoms with Gasteiger partial charge in [-0.2, -0.15) is 0 Å². The van der Waals surface area contributed by atoms with Crippen molar-refractivity contribution < 1.29 is 23.9 Å². The van der Waals surface area contributed by atoms with Gasteiger partial charge in [-0.3, -0.25) is 19.8 Å². The zero-order chi connectivity index (χ0) is 19.3. The van der Waals surface area contributed by atoms with Crippen LogP contribution >= 0.6 is 0 Å². The first-order valence-corrected chi connectivity index (χ1v) is 8.27. The predicted octanol–water partition coefficient (Wildman–Crippen LogP) is 2.12. The Morgan fingerprint density at radius 3 is 2.62 bits per heavy atom. The Hall–Kier alpha value is -3.03. The average Bonchev–Trinajstić information content (AvgIpc) is 2.61. The maximum atomic E-state index is 12.6. The second kappa shape index (κ2) is 8.37. The lowest BCUT2D eigenvalue weighted by molar-refractivity contribution is -0.140. The van der Waals surface area contributed by atoms with Gasteiger partial charge in [-0.05, 0) is 18.6 Å². The van der Waals surface area contributed by atoms with Crippen LogP contribution < -0.4 is 20.1 Å². The van der Waals surface area contributed by atoms with Crippen molar-refractivity contribution in [1.82, 2.24) is 10.2 Å². The molecule has 0 unspecified atom stereocenters. The molecule has 1 aliphatic rings. The van der Waals surface area contributed by atoms with Crippen molar-refractivity contribution in [3.63, 3.8) is 0 Å². The van der Waals surface area contributed by atoms with E-state index in [0.717, 1.165) is 11.3 Å². The molecule has 1 saturated heterocycles. The van der Waals surface area contributed by atoms with Crippen LogP contribution in [0.4, 0.5) is 10.5 Å². The van der Waals surface area contributed by atoms with Gasteiger partial charge in [-0.15, -0.1) is 0 Å². The fraction of sp³-hybridized carbons (Fsp3) is 0.389. The second-order valence-electron chi connectivity index (χ2n) is 5.79. The zero-order valence-electron chi connectivity index (χ0n) is 15.1. The summed E-state index contributed by atoms with van der Waals surface area (Å²) in [4.78, 5) is 37.8. The van der Waals surface area contributed by atoms with Gasteiger partial charge in [-0.25, -0.2) is 4.79 Å². The summed E-state index contributed by atoms with van der Waals surface area (Å²) < 4.78 is 10.4. The number of carbonyl (C=O) groups is 3. The molecule has 0 radical (unpaired) electrons. The fourth-order valence-electron chi connectivity index (χ4n) is 2.60. The van der Waals surface area contributed by atoms with E-state index in [2.05, 4.69) is 17.2 Å². The highest BCUT2D eigenvalue weighted by Gasteiger charge is 2.41. The number of urea groups is 1. The zero-order valence-corrected chi connectivity index (χ0v) is 15.1. The van der Waals surface area contributed by atoms with E-state index >= 15 is 0 Å². The lowest BCUT2D eigenvalue weighted by Crippen LogP contribution is -2.58. The lowest BCUT2D eigenvalue weighted by Gasteiger charge is -2.31. The summed E-state index contributed by atoms with van der Waals surface area (Å²) >= 11 is 0. The number of anilines is 1. The van der Waals surface area contributed by atoms with Crippen LogP contribution in [-0.4, -0.2) is 43.5 Å². The Balaban J connectivity index is 2.21. The highest BCUT2D eigenvalue weighted by Crippen LogP contribution is 2.31. The van der Waals surface area contributed by atoms with Gasteiger partial charge >= 0.3 is 6.03 Å². The average molecular weight is 361 g/mol. The summed E-state index contributed by atoms with van der Waals surface area (Å²) in [5, 5.41) is 5.15. The van der Waals surface area contributed by atoms with Gasteiger partial charge in [-0.1, -0.05) is 19.9 Å². The molecule has 1 aromatic rings. The van der Waals surface area contributed by atoms with Crippen LogP contribution in [0.2, 0.25) is 0 Å². The number of amides is 4. The van der Waals surface area contributed by atoms with E-state index in [1.165, 1.54) is 14.2 Å². The first-order chi connectivity index (χ1) is 12.4. The van der Waals surface area contributed by atoms with Crippen LogP contribution in [-0.2, 0) is 9.59 Å². The second-order valence-corrected chi connectivity index (χ2v) is 5.79. The van der Waals surface area contributed by atoms with Crippen molar-refractivity contribution in [3.05, 3.63) is 30.5 Å². The number of methoxy groups -OCH3 is 2. The van der Waals surface area contributed by atoms with Crippen LogP contribution in [0.3, 0.4) is 0 Å². The smallest absolute Gasteiger partial charge is 0.330 e. The van der Waals surface area contributed by atoms with Gasteiger partial charge in [0, 0.05) is 18.3 Å². The third kappa shape index (κ3) is 3.96. The fourth-order valence-corrected chi connectivity index (χ4v) is 2.60. The normalized spacial score (nSPS) is 17.0. The molecule has 4 amide bonds. The molecule has 1 fully saturated rings. The number of benzene rings is 1. The number of hydrogen-bond donors (Lipinski definition) is 2. The summed E-state index contributed by atoms with van der Waals surface area (Å²) in [6.45, 7) is 6.02. The standard InChI is InChI=1S/C18H23N3O5/c1-5-6-9-21-17(23)15(16(22)20-18(21)24)11(2)19-13-8-7-12(25-3)10-14(13)26-4/h7-8,10,15,19H,2,5-6,9H2,1,3-4H3,(H,20,22,24)/t15-/m1/s1. The van der Waals surface area contributed by atoms with Crippen molar-refractivity contribution in [2.75, 3.05) is 26.1 Å². The number of nitrogens with one attached hydrogen (secondary N) is 2. The Labute approximate surface area is 152 Å². The van der Waals surface area contributed by atoms with Gasteiger partial charge < -0.3 is 14.8 Å². The van der Waals surface area contributed by atoms with Gasteiger partial charge in [0.25, 0.3) is 0 Å². The monoisotopic (exact) mass is 361 g/mol. The topological polar surface area (TPSA) is 97.0 Å². The number of rotatable bonds is 8. The maximum absolute atomic E-state index is 12.6. The summed E-state index contributed by atoms with van der Waals surface area (Å²) in [6.07, 6.45) is 1.48. The molecule has 0 aromatic heterocycles. The summed E-state index contributed by atoms with van der Waals surface area (Å²) in [5.41, 5.74) is 0.681. The van der Waals surface area contributed by atoms with Crippen molar-refractivity contribution in [2.45, 2.75) is 19.8 Å². The van der Waals surface area contributed by atoms with Gasteiger partial charge in [0.2, 0.25) is 11.8 Å². The maximum Gasteiger partial charge on any atom is 0.330 e. The minimum Gasteiger partial charge on any atom is -0.497 e. The van der Waals surface area contributed by atoms with E-state index < -0.39 is 23.8 Å². The van der Waals surface area contributed by atoms with E-state index in [9.17, 15) is 14.4 Å². The molecule has 2 rings (SSSR count). The van der Waals surface area contributed by atoms with Crippen LogP contribution in [0.25, 0.3) is 0 Å². The highest BCUT2D eigenvalue weighted by molar-refractivity contribution is 6.18. The van der Waals surface area contributed by atoms with E-state index in [4.69, 9.17) is 9.47 Å². The Morgan fingerprint density at radius 2 is 2.00 bits per heavy atom. The van der Waals surface area contributed by atoms with Crippen LogP contribution in [0, 0.1) is 5.92 Å². The number of ether oxygens (including phenoxy) is 2. The number of barbiturate groups is 1. The van der Waals surface area contributed by atoms with Crippen LogP contribution in [0.1, 0.15) is 19.8 Å². The molecule has 8 heteroatoms. The van der Waals surface area contributed by atoms with Crippen molar-refractivity contribution in [3.8, 4) is 11.5 Å². The third-order valence-electron chi connectivity index (χ3n) is 4.04. The Morgan fingerprint density at radius 1 is 1.27 bits per heavy atom. The number of unbranched alkanes of at least 4 members (excludes halogenated alkanes) is 1.